The molecule has 5 nitrogen and oxygen atoms in total. The van der Waals surface area contributed by atoms with Crippen molar-refractivity contribution in [1.29, 1.82) is 5.26 Å². The SMILES string of the molecule is CN(C(=O)C1(C#N)CCC1)c1ccc2c(c1)OCO2. The third-order valence-electron chi connectivity index (χ3n) is 3.88. The molecule has 1 amide bonds. The van der Waals surface area contributed by atoms with Gasteiger partial charge in [-0.2, -0.15) is 5.26 Å². The highest BCUT2D eigenvalue weighted by Crippen LogP contribution is 2.43. The quantitative estimate of drug-likeness (QED) is 0.814. The summed E-state index contributed by atoms with van der Waals surface area (Å²) in [6.07, 6.45) is 2.24. The van der Waals surface area contributed by atoms with Gasteiger partial charge in [-0.05, 0) is 31.4 Å². The summed E-state index contributed by atoms with van der Waals surface area (Å²) in [6.45, 7) is 0.207. The molecule has 1 aliphatic carbocycles. The first-order valence-corrected chi connectivity index (χ1v) is 6.25. The first kappa shape index (κ1) is 11.8. The number of nitrogens with zero attached hydrogens (tertiary/aromatic N) is 2. The third-order valence-corrected chi connectivity index (χ3v) is 3.88. The molecule has 1 aromatic rings. The number of anilines is 1. The Morgan fingerprint density at radius 2 is 2.11 bits per heavy atom. The van der Waals surface area contributed by atoms with Crippen LogP contribution in [0.3, 0.4) is 0 Å². The molecule has 1 aliphatic heterocycles. The number of ether oxygens (including phenoxy) is 2. The Hall–Kier alpha value is -2.22. The molecule has 0 atom stereocenters. The number of amides is 1. The van der Waals surface area contributed by atoms with E-state index in [1.54, 1.807) is 25.2 Å². The normalized spacial score (nSPS) is 18.3. The van der Waals surface area contributed by atoms with E-state index in [4.69, 9.17) is 9.47 Å². The summed E-state index contributed by atoms with van der Waals surface area (Å²) in [5.74, 6) is 1.18. The van der Waals surface area contributed by atoms with Crippen molar-refractivity contribution in [3.8, 4) is 17.6 Å². The minimum atomic E-state index is -0.828. The highest BCUT2D eigenvalue weighted by molar-refractivity contribution is 5.99. The first-order valence-electron chi connectivity index (χ1n) is 6.25. The second-order valence-electron chi connectivity index (χ2n) is 4.95. The van der Waals surface area contributed by atoms with Gasteiger partial charge in [-0.25, -0.2) is 0 Å². The largest absolute Gasteiger partial charge is 0.454 e. The lowest BCUT2D eigenvalue weighted by Gasteiger charge is -2.36. The van der Waals surface area contributed by atoms with Gasteiger partial charge in [0.15, 0.2) is 11.5 Å². The smallest absolute Gasteiger partial charge is 0.247 e. The molecule has 0 radical (unpaired) electrons. The van der Waals surface area contributed by atoms with Gasteiger partial charge in [-0.1, -0.05) is 0 Å². The van der Waals surface area contributed by atoms with Gasteiger partial charge in [0, 0.05) is 18.8 Å². The van der Waals surface area contributed by atoms with E-state index < -0.39 is 5.41 Å². The lowest BCUT2D eigenvalue weighted by atomic mass is 9.69. The molecule has 0 N–H and O–H groups in total. The van der Waals surface area contributed by atoms with Crippen LogP contribution >= 0.6 is 0 Å². The summed E-state index contributed by atoms with van der Waals surface area (Å²) in [4.78, 5) is 13.9. The molecule has 3 rings (SSSR count). The number of hydrogen-bond donors (Lipinski definition) is 0. The van der Waals surface area contributed by atoms with Crippen LogP contribution in [0.1, 0.15) is 19.3 Å². The first-order chi connectivity index (χ1) is 9.16. The van der Waals surface area contributed by atoms with Crippen LogP contribution in [-0.4, -0.2) is 19.7 Å². The zero-order valence-corrected chi connectivity index (χ0v) is 10.7. The van der Waals surface area contributed by atoms with Gasteiger partial charge in [0.2, 0.25) is 12.7 Å². The van der Waals surface area contributed by atoms with Crippen LogP contribution in [0, 0.1) is 16.7 Å². The fraction of sp³-hybridized carbons (Fsp3) is 0.429. The van der Waals surface area contributed by atoms with Crippen molar-refractivity contribution < 1.29 is 14.3 Å². The minimum Gasteiger partial charge on any atom is -0.454 e. The Balaban J connectivity index is 1.86. The van der Waals surface area contributed by atoms with Crippen LogP contribution in [0.2, 0.25) is 0 Å². The molecule has 2 aliphatic rings. The molecule has 19 heavy (non-hydrogen) atoms. The standard InChI is InChI=1S/C14H14N2O3/c1-16(13(17)14(8-15)5-2-6-14)10-3-4-11-12(7-10)19-9-18-11/h3-4,7H,2,5-6,9H2,1H3. The maximum atomic E-state index is 12.4. The average molecular weight is 258 g/mol. The van der Waals surface area contributed by atoms with E-state index in [1.165, 1.54) is 4.90 Å². The van der Waals surface area contributed by atoms with Gasteiger partial charge >= 0.3 is 0 Å². The van der Waals surface area contributed by atoms with E-state index in [0.717, 1.165) is 12.1 Å². The van der Waals surface area contributed by atoms with Crippen LogP contribution in [-0.2, 0) is 4.79 Å². The highest BCUT2D eigenvalue weighted by atomic mass is 16.7. The fourth-order valence-corrected chi connectivity index (χ4v) is 2.44. The van der Waals surface area contributed by atoms with E-state index in [1.807, 2.05) is 0 Å². The number of hydrogen-bond acceptors (Lipinski definition) is 4. The van der Waals surface area contributed by atoms with Gasteiger partial charge in [0.1, 0.15) is 5.41 Å². The van der Waals surface area contributed by atoms with Crippen LogP contribution in [0.5, 0.6) is 11.5 Å². The lowest BCUT2D eigenvalue weighted by Crippen LogP contribution is -2.45. The Bertz CT molecular complexity index is 573. The van der Waals surface area contributed by atoms with E-state index in [0.29, 0.717) is 24.3 Å². The zero-order chi connectivity index (χ0) is 13.5. The number of benzene rings is 1. The third kappa shape index (κ3) is 1.72. The van der Waals surface area contributed by atoms with E-state index in [-0.39, 0.29) is 12.7 Å². The van der Waals surface area contributed by atoms with Crippen molar-refractivity contribution in [3.63, 3.8) is 0 Å². The molecule has 1 fully saturated rings. The van der Waals surface area contributed by atoms with E-state index in [9.17, 15) is 10.1 Å². The lowest BCUT2D eigenvalue weighted by molar-refractivity contribution is -0.128. The molecule has 1 saturated carbocycles. The Kier molecular flexibility index (Phi) is 2.59. The van der Waals surface area contributed by atoms with Gasteiger partial charge in [-0.3, -0.25) is 4.79 Å². The molecule has 0 bridgehead atoms. The molecule has 98 valence electrons. The van der Waals surface area contributed by atoms with E-state index >= 15 is 0 Å². The monoisotopic (exact) mass is 258 g/mol. The Morgan fingerprint density at radius 3 is 2.74 bits per heavy atom. The highest BCUT2D eigenvalue weighted by Gasteiger charge is 2.46. The summed E-state index contributed by atoms with van der Waals surface area (Å²) >= 11 is 0. The Labute approximate surface area is 111 Å². The molecule has 0 aromatic heterocycles. The Morgan fingerprint density at radius 1 is 1.37 bits per heavy atom. The maximum Gasteiger partial charge on any atom is 0.247 e. The molecule has 1 aromatic carbocycles. The van der Waals surface area contributed by atoms with Gasteiger partial charge in [-0.15, -0.1) is 0 Å². The molecular weight excluding hydrogens is 244 g/mol. The summed E-state index contributed by atoms with van der Waals surface area (Å²) in [6, 6.07) is 7.52. The van der Waals surface area contributed by atoms with Crippen molar-refractivity contribution in [1.82, 2.24) is 0 Å². The van der Waals surface area contributed by atoms with E-state index in [2.05, 4.69) is 6.07 Å². The second-order valence-corrected chi connectivity index (χ2v) is 4.95. The van der Waals surface area contributed by atoms with Crippen molar-refractivity contribution in [2.75, 3.05) is 18.7 Å². The minimum absolute atomic E-state index is 0.139. The van der Waals surface area contributed by atoms with Crippen molar-refractivity contribution >= 4 is 11.6 Å². The van der Waals surface area contributed by atoms with Crippen LogP contribution in [0.15, 0.2) is 18.2 Å². The number of fused-ring (bicyclic) bond motifs is 1. The molecule has 1 heterocycles. The van der Waals surface area contributed by atoms with Gasteiger partial charge in [0.25, 0.3) is 0 Å². The van der Waals surface area contributed by atoms with Gasteiger partial charge in [0.05, 0.1) is 6.07 Å². The summed E-state index contributed by atoms with van der Waals surface area (Å²) in [7, 11) is 1.69. The molecular formula is C14H14N2O3. The molecule has 5 heteroatoms. The van der Waals surface area contributed by atoms with Gasteiger partial charge < -0.3 is 14.4 Å². The number of carbonyl (C=O) groups excluding carboxylic acids is 1. The number of rotatable bonds is 2. The zero-order valence-electron chi connectivity index (χ0n) is 10.7. The summed E-state index contributed by atoms with van der Waals surface area (Å²) < 4.78 is 10.5. The average Bonchev–Trinajstić information content (AvgIpc) is 2.84. The fourth-order valence-electron chi connectivity index (χ4n) is 2.44. The van der Waals surface area contributed by atoms with Crippen LogP contribution < -0.4 is 14.4 Å². The second kappa shape index (κ2) is 4.16. The molecule has 0 saturated heterocycles. The van der Waals surface area contributed by atoms with Crippen LogP contribution in [0.25, 0.3) is 0 Å². The van der Waals surface area contributed by atoms with Crippen molar-refractivity contribution in [2.24, 2.45) is 5.41 Å². The number of nitriles is 1. The van der Waals surface area contributed by atoms with Crippen molar-refractivity contribution in [2.45, 2.75) is 19.3 Å². The predicted molar refractivity (Wildman–Crippen MR) is 67.9 cm³/mol. The maximum absolute atomic E-state index is 12.4. The number of carbonyl (C=O) groups is 1. The topological polar surface area (TPSA) is 62.6 Å². The molecule has 0 unspecified atom stereocenters. The summed E-state index contributed by atoms with van der Waals surface area (Å²) in [5.41, 5.74) is -0.110. The molecule has 0 spiro atoms. The summed E-state index contributed by atoms with van der Waals surface area (Å²) in [5, 5.41) is 9.22. The van der Waals surface area contributed by atoms with Crippen molar-refractivity contribution in [3.05, 3.63) is 18.2 Å². The predicted octanol–water partition coefficient (Wildman–Crippen LogP) is 2.07. The van der Waals surface area contributed by atoms with Crippen LogP contribution in [0.4, 0.5) is 5.69 Å².